The smallest absolute Gasteiger partial charge is 0.296 e. The van der Waals surface area contributed by atoms with E-state index in [1.807, 2.05) is 6.92 Å². The Morgan fingerprint density at radius 3 is 2.62 bits per heavy atom. The summed E-state index contributed by atoms with van der Waals surface area (Å²) in [6.07, 6.45) is 0. The summed E-state index contributed by atoms with van der Waals surface area (Å²) in [5.41, 5.74) is 0.813. The molecule has 110 valence electrons. The fourth-order valence-corrected chi connectivity index (χ4v) is 2.41. The molecule has 1 unspecified atom stereocenters. The number of nitrogens with one attached hydrogen (secondary N) is 1. The van der Waals surface area contributed by atoms with Crippen LogP contribution in [0.1, 0.15) is 18.5 Å². The Labute approximate surface area is 131 Å². The molecule has 0 saturated carbocycles. The average Bonchev–Trinajstić information content (AvgIpc) is 2.43. The summed E-state index contributed by atoms with van der Waals surface area (Å²) in [5.74, 6) is -0.166. The molecule has 2 N–H and O–H groups in total. The van der Waals surface area contributed by atoms with Gasteiger partial charge in [-0.3, -0.25) is 10.1 Å². The van der Waals surface area contributed by atoms with E-state index in [2.05, 4.69) is 5.32 Å². The minimum Gasteiger partial charge on any atom is -0.508 e. The molecule has 0 spiro atoms. The van der Waals surface area contributed by atoms with E-state index < -0.39 is 4.92 Å². The third-order valence-corrected chi connectivity index (χ3v) is 3.55. The normalized spacial score (nSPS) is 12.0. The molecule has 0 aromatic heterocycles. The molecular weight excluding hydrogens is 315 g/mol. The fourth-order valence-electron chi connectivity index (χ4n) is 1.95. The summed E-state index contributed by atoms with van der Waals surface area (Å²) in [5, 5.41) is 24.4. The Hall–Kier alpha value is -1.98. The largest absolute Gasteiger partial charge is 0.508 e. The van der Waals surface area contributed by atoms with Gasteiger partial charge in [0.25, 0.3) is 5.69 Å². The van der Waals surface area contributed by atoms with E-state index >= 15 is 0 Å². The van der Waals surface area contributed by atoms with Crippen LogP contribution in [0.25, 0.3) is 0 Å². The molecule has 2 aromatic rings. The van der Waals surface area contributed by atoms with Crippen LogP contribution in [0.5, 0.6) is 5.75 Å². The number of rotatable bonds is 4. The van der Waals surface area contributed by atoms with Crippen LogP contribution in [-0.2, 0) is 0 Å². The van der Waals surface area contributed by atoms with Crippen LogP contribution in [0.3, 0.4) is 0 Å². The quantitative estimate of drug-likeness (QED) is 0.481. The highest BCUT2D eigenvalue weighted by molar-refractivity contribution is 6.33. The first kappa shape index (κ1) is 15.4. The molecule has 21 heavy (non-hydrogen) atoms. The van der Waals surface area contributed by atoms with Gasteiger partial charge in [-0.15, -0.1) is 0 Å². The van der Waals surface area contributed by atoms with Crippen molar-refractivity contribution >= 4 is 34.6 Å². The van der Waals surface area contributed by atoms with Crippen LogP contribution >= 0.6 is 23.2 Å². The number of phenols is 1. The zero-order valence-corrected chi connectivity index (χ0v) is 12.5. The van der Waals surface area contributed by atoms with E-state index in [0.29, 0.717) is 15.7 Å². The number of nitro groups is 1. The molecule has 0 aliphatic rings. The van der Waals surface area contributed by atoms with E-state index in [1.165, 1.54) is 12.1 Å². The lowest BCUT2D eigenvalue weighted by Gasteiger charge is -2.17. The number of nitro benzene ring substituents is 1. The molecule has 0 radical (unpaired) electrons. The maximum absolute atomic E-state index is 11.0. The van der Waals surface area contributed by atoms with Crippen molar-refractivity contribution in [2.45, 2.75) is 13.0 Å². The van der Waals surface area contributed by atoms with E-state index in [1.54, 1.807) is 18.2 Å². The zero-order valence-electron chi connectivity index (χ0n) is 11.0. The van der Waals surface area contributed by atoms with Crippen LogP contribution in [0, 0.1) is 10.1 Å². The number of hydrogen-bond acceptors (Lipinski definition) is 4. The molecule has 0 aliphatic heterocycles. The molecule has 0 saturated heterocycles. The van der Waals surface area contributed by atoms with Gasteiger partial charge in [0.1, 0.15) is 11.4 Å². The first-order valence-electron chi connectivity index (χ1n) is 6.07. The molecule has 0 amide bonds. The van der Waals surface area contributed by atoms with Gasteiger partial charge in [0.05, 0.1) is 17.0 Å². The third-order valence-electron chi connectivity index (χ3n) is 2.97. The van der Waals surface area contributed by atoms with Crippen molar-refractivity contribution < 1.29 is 10.0 Å². The molecule has 7 heteroatoms. The van der Waals surface area contributed by atoms with Gasteiger partial charge in [-0.1, -0.05) is 23.2 Å². The lowest BCUT2D eigenvalue weighted by Crippen LogP contribution is -2.09. The van der Waals surface area contributed by atoms with E-state index in [9.17, 15) is 15.2 Å². The molecule has 0 heterocycles. The zero-order chi connectivity index (χ0) is 15.6. The van der Waals surface area contributed by atoms with Crippen LogP contribution in [0.15, 0.2) is 36.4 Å². The van der Waals surface area contributed by atoms with Gasteiger partial charge in [-0.2, -0.15) is 0 Å². The van der Waals surface area contributed by atoms with Crippen LogP contribution in [-0.4, -0.2) is 10.0 Å². The second-order valence-electron chi connectivity index (χ2n) is 4.49. The highest BCUT2D eigenvalue weighted by atomic mass is 35.5. The maximum Gasteiger partial charge on any atom is 0.296 e. The number of aromatic hydroxyl groups is 1. The summed E-state index contributed by atoms with van der Waals surface area (Å²) < 4.78 is 0. The predicted molar refractivity (Wildman–Crippen MR) is 83.3 cm³/mol. The van der Waals surface area contributed by atoms with Gasteiger partial charge < -0.3 is 10.4 Å². The van der Waals surface area contributed by atoms with Gasteiger partial charge in [0.2, 0.25) is 0 Å². The SMILES string of the molecule is CC(Nc1ccc(O)cc1[N+](=O)[O-])c1cc(Cl)ccc1Cl. The molecule has 5 nitrogen and oxygen atoms in total. The fraction of sp³-hybridized carbons (Fsp3) is 0.143. The van der Waals surface area contributed by atoms with Gasteiger partial charge in [-0.25, -0.2) is 0 Å². The van der Waals surface area contributed by atoms with Gasteiger partial charge in [-0.05, 0) is 42.8 Å². The van der Waals surface area contributed by atoms with Gasteiger partial charge >= 0.3 is 0 Å². The van der Waals surface area contributed by atoms with Crippen molar-refractivity contribution in [1.82, 2.24) is 0 Å². The Bertz CT molecular complexity index is 692. The van der Waals surface area contributed by atoms with Crippen molar-refractivity contribution in [3.05, 3.63) is 62.1 Å². The molecule has 0 fully saturated rings. The molecule has 0 aliphatic carbocycles. The van der Waals surface area contributed by atoms with Crippen LogP contribution in [0.4, 0.5) is 11.4 Å². The van der Waals surface area contributed by atoms with E-state index in [-0.39, 0.29) is 17.5 Å². The minimum absolute atomic E-state index is 0.166. The highest BCUT2D eigenvalue weighted by Gasteiger charge is 2.18. The Morgan fingerprint density at radius 2 is 1.95 bits per heavy atom. The lowest BCUT2D eigenvalue weighted by molar-refractivity contribution is -0.384. The first-order valence-corrected chi connectivity index (χ1v) is 6.83. The lowest BCUT2D eigenvalue weighted by atomic mass is 10.1. The Morgan fingerprint density at radius 1 is 1.24 bits per heavy atom. The first-order chi connectivity index (χ1) is 9.88. The molecular formula is C14H12Cl2N2O3. The van der Waals surface area contributed by atoms with Crippen molar-refractivity contribution in [1.29, 1.82) is 0 Å². The molecule has 0 bridgehead atoms. The highest BCUT2D eigenvalue weighted by Crippen LogP contribution is 2.33. The van der Waals surface area contributed by atoms with Crippen molar-refractivity contribution in [3.8, 4) is 5.75 Å². The summed E-state index contributed by atoms with van der Waals surface area (Å²) in [4.78, 5) is 10.5. The topological polar surface area (TPSA) is 75.4 Å². The molecule has 2 rings (SSSR count). The van der Waals surface area contributed by atoms with Crippen LogP contribution in [0.2, 0.25) is 10.0 Å². The van der Waals surface area contributed by atoms with Crippen molar-refractivity contribution in [3.63, 3.8) is 0 Å². The predicted octanol–water partition coefficient (Wildman–Crippen LogP) is 4.78. The number of halogens is 2. The number of hydrogen-bond donors (Lipinski definition) is 2. The van der Waals surface area contributed by atoms with Crippen LogP contribution < -0.4 is 5.32 Å². The monoisotopic (exact) mass is 326 g/mol. The summed E-state index contributed by atoms with van der Waals surface area (Å²) in [6.45, 7) is 1.81. The van der Waals surface area contributed by atoms with Crippen molar-refractivity contribution in [2.75, 3.05) is 5.32 Å². The van der Waals surface area contributed by atoms with Gasteiger partial charge in [0, 0.05) is 10.0 Å². The number of benzene rings is 2. The van der Waals surface area contributed by atoms with E-state index in [0.717, 1.165) is 11.6 Å². The van der Waals surface area contributed by atoms with Gasteiger partial charge in [0.15, 0.2) is 0 Å². The standard InChI is InChI=1S/C14H12Cl2N2O3/c1-8(11-6-9(15)2-4-12(11)16)17-13-5-3-10(19)7-14(13)18(20)21/h2-8,17,19H,1H3. The number of nitrogens with zero attached hydrogens (tertiary/aromatic N) is 1. The Kier molecular flexibility index (Phi) is 4.55. The number of anilines is 1. The van der Waals surface area contributed by atoms with Crippen molar-refractivity contribution in [2.24, 2.45) is 0 Å². The minimum atomic E-state index is -0.561. The summed E-state index contributed by atoms with van der Waals surface area (Å²) in [6, 6.07) is 8.66. The molecule has 1 atom stereocenters. The Balaban J connectivity index is 2.33. The second-order valence-corrected chi connectivity index (χ2v) is 5.33. The summed E-state index contributed by atoms with van der Waals surface area (Å²) in [7, 11) is 0. The third kappa shape index (κ3) is 3.56. The molecule has 2 aromatic carbocycles. The second kappa shape index (κ2) is 6.20. The average molecular weight is 327 g/mol. The van der Waals surface area contributed by atoms with E-state index in [4.69, 9.17) is 23.2 Å². The summed E-state index contributed by atoms with van der Waals surface area (Å²) >= 11 is 12.1. The maximum atomic E-state index is 11.0. The number of phenolic OH excluding ortho intramolecular Hbond substituents is 1.